The molecule has 0 radical (unpaired) electrons. The molecule has 0 saturated heterocycles. The molecule has 0 heterocycles. The van der Waals surface area contributed by atoms with E-state index in [-0.39, 0.29) is 5.91 Å². The molecule has 1 N–H and O–H groups in total. The summed E-state index contributed by atoms with van der Waals surface area (Å²) in [5.74, 6) is 0.813. The minimum Gasteiger partial charge on any atom is -0.494 e. The summed E-state index contributed by atoms with van der Waals surface area (Å²) in [6.07, 6.45) is 4.41. The van der Waals surface area contributed by atoms with E-state index in [4.69, 9.17) is 4.74 Å². The van der Waals surface area contributed by atoms with Gasteiger partial charge in [-0.25, -0.2) is 0 Å². The molecule has 0 saturated carbocycles. The molecule has 0 fully saturated rings. The van der Waals surface area contributed by atoms with E-state index >= 15 is 0 Å². The summed E-state index contributed by atoms with van der Waals surface area (Å²) in [6, 6.07) is 7.32. The zero-order valence-electron chi connectivity index (χ0n) is 11.4. The number of carbonyl (C=O) groups is 1. The monoisotopic (exact) mass is 249 g/mol. The van der Waals surface area contributed by atoms with Crippen LogP contribution in [0.25, 0.3) is 0 Å². The van der Waals surface area contributed by atoms with Crippen LogP contribution in [-0.2, 0) is 0 Å². The molecule has 3 nitrogen and oxygen atoms in total. The number of carbonyl (C=O) groups excluding carboxylic acids is 1. The Labute approximate surface area is 110 Å². The number of nitrogens with one attached hydrogen (secondary N) is 1. The Kier molecular flexibility index (Phi) is 6.92. The van der Waals surface area contributed by atoms with E-state index in [2.05, 4.69) is 12.2 Å². The van der Waals surface area contributed by atoms with Crippen molar-refractivity contribution in [3.05, 3.63) is 29.8 Å². The molecule has 1 rings (SSSR count). The van der Waals surface area contributed by atoms with Gasteiger partial charge in [0.2, 0.25) is 0 Å². The van der Waals surface area contributed by atoms with Crippen LogP contribution in [0, 0.1) is 0 Å². The molecule has 0 aliphatic rings. The molecule has 1 aromatic carbocycles. The second kappa shape index (κ2) is 8.56. The Balaban J connectivity index is 2.39. The summed E-state index contributed by atoms with van der Waals surface area (Å²) in [4.78, 5) is 11.7. The molecule has 0 aromatic heterocycles. The van der Waals surface area contributed by atoms with Crippen molar-refractivity contribution in [3.63, 3.8) is 0 Å². The van der Waals surface area contributed by atoms with E-state index in [9.17, 15) is 4.79 Å². The molecule has 3 heteroatoms. The first-order valence-corrected chi connectivity index (χ1v) is 6.79. The second-order valence-corrected chi connectivity index (χ2v) is 4.34. The normalized spacial score (nSPS) is 10.1. The summed E-state index contributed by atoms with van der Waals surface area (Å²) < 4.78 is 5.59. The van der Waals surface area contributed by atoms with Crippen molar-refractivity contribution in [1.29, 1.82) is 0 Å². The maximum Gasteiger partial charge on any atom is 0.251 e. The van der Waals surface area contributed by atoms with Gasteiger partial charge in [-0.05, 0) is 37.1 Å². The summed E-state index contributed by atoms with van der Waals surface area (Å²) in [7, 11) is 0. The maximum absolute atomic E-state index is 11.7. The van der Waals surface area contributed by atoms with Crippen LogP contribution in [-0.4, -0.2) is 19.1 Å². The first-order chi connectivity index (χ1) is 8.77. The van der Waals surface area contributed by atoms with Crippen LogP contribution in [0.2, 0.25) is 0 Å². The Hall–Kier alpha value is -1.51. The van der Waals surface area contributed by atoms with Crippen LogP contribution in [0.15, 0.2) is 24.3 Å². The lowest BCUT2D eigenvalue weighted by molar-refractivity contribution is 0.0953. The van der Waals surface area contributed by atoms with Gasteiger partial charge in [-0.15, -0.1) is 0 Å². The molecular formula is C15H23NO2. The number of hydrogen-bond donors (Lipinski definition) is 1. The first kappa shape index (κ1) is 14.6. The van der Waals surface area contributed by atoms with E-state index in [1.54, 1.807) is 12.1 Å². The summed E-state index contributed by atoms with van der Waals surface area (Å²) in [6.45, 7) is 5.67. The van der Waals surface area contributed by atoms with Crippen molar-refractivity contribution in [2.45, 2.75) is 39.5 Å². The van der Waals surface area contributed by atoms with Crippen molar-refractivity contribution in [2.75, 3.05) is 13.2 Å². The minimum absolute atomic E-state index is 0.0191. The fraction of sp³-hybridized carbons (Fsp3) is 0.533. The van der Waals surface area contributed by atoms with Gasteiger partial charge in [-0.3, -0.25) is 4.79 Å². The van der Waals surface area contributed by atoms with Crippen LogP contribution in [0.3, 0.4) is 0 Å². The quantitative estimate of drug-likeness (QED) is 0.717. The molecular weight excluding hydrogens is 226 g/mol. The summed E-state index contributed by atoms with van der Waals surface area (Å²) in [5.41, 5.74) is 0.685. The minimum atomic E-state index is -0.0191. The van der Waals surface area contributed by atoms with Crippen molar-refractivity contribution in [3.8, 4) is 5.75 Å². The molecule has 0 aliphatic heterocycles. The van der Waals surface area contributed by atoms with Crippen LogP contribution >= 0.6 is 0 Å². The zero-order chi connectivity index (χ0) is 13.2. The van der Waals surface area contributed by atoms with Gasteiger partial charge in [0.05, 0.1) is 6.61 Å². The molecule has 18 heavy (non-hydrogen) atoms. The van der Waals surface area contributed by atoms with Crippen LogP contribution in [0.5, 0.6) is 5.75 Å². The summed E-state index contributed by atoms with van der Waals surface area (Å²) >= 11 is 0. The fourth-order valence-corrected chi connectivity index (χ4v) is 1.59. The number of unbranched alkanes of at least 4 members (excludes halogenated alkanes) is 2. The molecule has 1 amide bonds. The highest BCUT2D eigenvalue weighted by Gasteiger charge is 2.04. The second-order valence-electron chi connectivity index (χ2n) is 4.34. The SMILES string of the molecule is CCCCCOc1ccc(C(=O)NCCC)cc1. The Morgan fingerprint density at radius 1 is 1.11 bits per heavy atom. The third-order valence-corrected chi connectivity index (χ3v) is 2.67. The van der Waals surface area contributed by atoms with E-state index in [1.165, 1.54) is 12.8 Å². The zero-order valence-corrected chi connectivity index (χ0v) is 11.4. The van der Waals surface area contributed by atoms with E-state index in [0.29, 0.717) is 12.1 Å². The fourth-order valence-electron chi connectivity index (χ4n) is 1.59. The molecule has 0 atom stereocenters. The van der Waals surface area contributed by atoms with Crippen molar-refractivity contribution >= 4 is 5.91 Å². The standard InChI is InChI=1S/C15H23NO2/c1-3-5-6-12-18-14-9-7-13(8-10-14)15(17)16-11-4-2/h7-10H,3-6,11-12H2,1-2H3,(H,16,17). The number of rotatable bonds is 8. The number of ether oxygens (including phenoxy) is 1. The number of amides is 1. The molecule has 0 aliphatic carbocycles. The highest BCUT2D eigenvalue weighted by molar-refractivity contribution is 5.94. The molecule has 0 bridgehead atoms. The van der Waals surface area contributed by atoms with Gasteiger partial charge in [-0.1, -0.05) is 26.7 Å². The lowest BCUT2D eigenvalue weighted by Gasteiger charge is -2.07. The third kappa shape index (κ3) is 5.21. The predicted octanol–water partition coefficient (Wildman–Crippen LogP) is 3.40. The molecule has 100 valence electrons. The van der Waals surface area contributed by atoms with Gasteiger partial charge in [0.25, 0.3) is 5.91 Å². The van der Waals surface area contributed by atoms with Crippen molar-refractivity contribution < 1.29 is 9.53 Å². The van der Waals surface area contributed by atoms with Gasteiger partial charge in [0.15, 0.2) is 0 Å². The Morgan fingerprint density at radius 2 is 1.83 bits per heavy atom. The lowest BCUT2D eigenvalue weighted by atomic mass is 10.2. The van der Waals surface area contributed by atoms with Gasteiger partial charge in [0, 0.05) is 12.1 Å². The highest BCUT2D eigenvalue weighted by Crippen LogP contribution is 2.12. The molecule has 1 aromatic rings. The van der Waals surface area contributed by atoms with Gasteiger partial charge < -0.3 is 10.1 Å². The number of hydrogen-bond acceptors (Lipinski definition) is 2. The summed E-state index contributed by atoms with van der Waals surface area (Å²) in [5, 5.41) is 2.85. The predicted molar refractivity (Wildman–Crippen MR) is 74.1 cm³/mol. The largest absolute Gasteiger partial charge is 0.494 e. The third-order valence-electron chi connectivity index (χ3n) is 2.67. The van der Waals surface area contributed by atoms with Gasteiger partial charge >= 0.3 is 0 Å². The average Bonchev–Trinajstić information content (AvgIpc) is 2.41. The van der Waals surface area contributed by atoms with E-state index in [1.807, 2.05) is 19.1 Å². The highest BCUT2D eigenvalue weighted by atomic mass is 16.5. The number of benzene rings is 1. The smallest absolute Gasteiger partial charge is 0.251 e. The van der Waals surface area contributed by atoms with Crippen LogP contribution < -0.4 is 10.1 Å². The van der Waals surface area contributed by atoms with E-state index in [0.717, 1.165) is 25.2 Å². The van der Waals surface area contributed by atoms with Gasteiger partial charge in [0.1, 0.15) is 5.75 Å². The van der Waals surface area contributed by atoms with Crippen LogP contribution in [0.4, 0.5) is 0 Å². The molecule has 0 unspecified atom stereocenters. The maximum atomic E-state index is 11.7. The average molecular weight is 249 g/mol. The van der Waals surface area contributed by atoms with Crippen LogP contribution in [0.1, 0.15) is 49.9 Å². The Bertz CT molecular complexity index is 346. The molecule has 0 spiro atoms. The Morgan fingerprint density at radius 3 is 2.44 bits per heavy atom. The topological polar surface area (TPSA) is 38.3 Å². The van der Waals surface area contributed by atoms with Crippen molar-refractivity contribution in [2.24, 2.45) is 0 Å². The van der Waals surface area contributed by atoms with Gasteiger partial charge in [-0.2, -0.15) is 0 Å². The van der Waals surface area contributed by atoms with E-state index < -0.39 is 0 Å². The van der Waals surface area contributed by atoms with Crippen molar-refractivity contribution in [1.82, 2.24) is 5.32 Å². The lowest BCUT2D eigenvalue weighted by Crippen LogP contribution is -2.23. The first-order valence-electron chi connectivity index (χ1n) is 6.79.